The second-order valence-corrected chi connectivity index (χ2v) is 7.49. The third-order valence-corrected chi connectivity index (χ3v) is 5.40. The molecule has 0 rings (SSSR count). The van der Waals surface area contributed by atoms with E-state index < -0.39 is 5.97 Å². The third-order valence-electron chi connectivity index (χ3n) is 5.40. The summed E-state index contributed by atoms with van der Waals surface area (Å²) in [6, 6.07) is 0.794. The number of carboxylic acids is 1. The molecule has 0 radical (unpaired) electrons. The molecule has 3 heteroatoms. The molecule has 1 N–H and O–H groups in total. The Bertz CT molecular complexity index is 290. The Morgan fingerprint density at radius 2 is 1.16 bits per heavy atom. The zero-order valence-corrected chi connectivity index (χ0v) is 17.4. The lowest BCUT2D eigenvalue weighted by Gasteiger charge is -2.30. The van der Waals surface area contributed by atoms with Crippen LogP contribution in [0.25, 0.3) is 0 Å². The summed E-state index contributed by atoms with van der Waals surface area (Å²) in [5, 5.41) is 8.61. The molecule has 3 nitrogen and oxygen atoms in total. The maximum atomic E-state index is 10.4. The molecule has 0 saturated heterocycles. The summed E-state index contributed by atoms with van der Waals surface area (Å²) in [5.74, 6) is -0.655. The lowest BCUT2D eigenvalue weighted by atomic mass is 9.99. The minimum atomic E-state index is -0.655. The van der Waals surface area contributed by atoms with Gasteiger partial charge >= 0.3 is 5.97 Å². The quantitative estimate of drug-likeness (QED) is 0.264. The molecule has 0 bridgehead atoms. The Morgan fingerprint density at radius 3 is 1.60 bits per heavy atom. The van der Waals surface area contributed by atoms with Crippen molar-refractivity contribution in [2.75, 3.05) is 13.1 Å². The van der Waals surface area contributed by atoms with Gasteiger partial charge in [0, 0.05) is 12.5 Å². The largest absolute Gasteiger partial charge is 0.481 e. The fraction of sp³-hybridized carbons (Fsp3) is 0.955. The highest BCUT2D eigenvalue weighted by molar-refractivity contribution is 5.66. The van der Waals surface area contributed by atoms with E-state index >= 15 is 0 Å². The van der Waals surface area contributed by atoms with Gasteiger partial charge in [-0.2, -0.15) is 0 Å². The van der Waals surface area contributed by atoms with E-state index in [0.717, 1.165) is 18.9 Å². The van der Waals surface area contributed by atoms with Crippen molar-refractivity contribution in [1.29, 1.82) is 0 Å². The highest BCUT2D eigenvalue weighted by atomic mass is 16.4. The molecule has 1 atom stereocenters. The first kappa shape index (κ1) is 24.4. The van der Waals surface area contributed by atoms with Gasteiger partial charge in [0.25, 0.3) is 0 Å². The van der Waals surface area contributed by atoms with Crippen molar-refractivity contribution in [2.45, 2.75) is 123 Å². The average molecular weight is 356 g/mol. The Balaban J connectivity index is 3.70. The molecule has 150 valence electrons. The van der Waals surface area contributed by atoms with Crippen molar-refractivity contribution in [3.05, 3.63) is 0 Å². The van der Waals surface area contributed by atoms with Gasteiger partial charge in [-0.15, -0.1) is 0 Å². The van der Waals surface area contributed by atoms with Crippen LogP contribution in [0.3, 0.4) is 0 Å². The maximum Gasteiger partial charge on any atom is 0.303 e. The zero-order chi connectivity index (χ0) is 18.8. The van der Waals surface area contributed by atoms with E-state index in [2.05, 4.69) is 25.7 Å². The zero-order valence-electron chi connectivity index (χ0n) is 17.4. The van der Waals surface area contributed by atoms with E-state index in [9.17, 15) is 4.79 Å². The summed E-state index contributed by atoms with van der Waals surface area (Å²) in [4.78, 5) is 13.1. The highest BCUT2D eigenvalue weighted by Crippen LogP contribution is 2.18. The Morgan fingerprint density at radius 1 is 0.720 bits per heavy atom. The van der Waals surface area contributed by atoms with Crippen LogP contribution in [0.5, 0.6) is 0 Å². The van der Waals surface area contributed by atoms with Gasteiger partial charge in [0.1, 0.15) is 0 Å². The van der Waals surface area contributed by atoms with Gasteiger partial charge in [0.05, 0.1) is 0 Å². The van der Waals surface area contributed by atoms with Crippen molar-refractivity contribution in [3.8, 4) is 0 Å². The molecule has 0 aliphatic carbocycles. The van der Waals surface area contributed by atoms with Gasteiger partial charge in [0.2, 0.25) is 0 Å². The van der Waals surface area contributed by atoms with Gasteiger partial charge in [-0.3, -0.25) is 4.79 Å². The Hall–Kier alpha value is -0.570. The number of hydrogen-bond donors (Lipinski definition) is 1. The predicted octanol–water partition coefficient (Wildman–Crippen LogP) is 6.65. The van der Waals surface area contributed by atoms with Gasteiger partial charge in [-0.05, 0) is 32.4 Å². The first-order valence-electron chi connectivity index (χ1n) is 11.1. The van der Waals surface area contributed by atoms with Crippen molar-refractivity contribution in [3.63, 3.8) is 0 Å². The summed E-state index contributed by atoms with van der Waals surface area (Å²) < 4.78 is 0. The van der Waals surface area contributed by atoms with Crippen LogP contribution >= 0.6 is 0 Å². The average Bonchev–Trinajstić information content (AvgIpc) is 2.60. The molecule has 0 spiro atoms. The SMILES string of the molecule is CCCCCCC(CCCCCCCCCCC(=O)O)N(CC)CC. The summed E-state index contributed by atoms with van der Waals surface area (Å²) in [6.07, 6.45) is 18.4. The molecule has 1 unspecified atom stereocenters. The summed E-state index contributed by atoms with van der Waals surface area (Å²) in [5.41, 5.74) is 0. The van der Waals surface area contributed by atoms with E-state index in [1.807, 2.05) is 0 Å². The minimum absolute atomic E-state index is 0.338. The minimum Gasteiger partial charge on any atom is -0.481 e. The molecule has 0 amide bonds. The van der Waals surface area contributed by atoms with Gasteiger partial charge in [-0.25, -0.2) is 0 Å². The van der Waals surface area contributed by atoms with Crippen molar-refractivity contribution < 1.29 is 9.90 Å². The van der Waals surface area contributed by atoms with Crippen LogP contribution in [0, 0.1) is 0 Å². The summed E-state index contributed by atoms with van der Waals surface area (Å²) in [6.45, 7) is 9.25. The number of carboxylic acid groups (broad SMARTS) is 1. The number of unbranched alkanes of at least 4 members (excludes halogenated alkanes) is 10. The van der Waals surface area contributed by atoms with E-state index in [1.54, 1.807) is 0 Å². The second kappa shape index (κ2) is 18.2. The first-order chi connectivity index (χ1) is 12.2. The summed E-state index contributed by atoms with van der Waals surface area (Å²) >= 11 is 0. The molecule has 0 aromatic rings. The number of rotatable bonds is 19. The normalized spacial score (nSPS) is 12.6. The Labute approximate surface area is 157 Å². The van der Waals surface area contributed by atoms with E-state index in [1.165, 1.54) is 90.1 Å². The molecule has 0 aliphatic rings. The standard InChI is InChI=1S/C22H45NO2/c1-4-7-8-15-18-21(23(5-2)6-3)19-16-13-11-9-10-12-14-17-20-22(24)25/h21H,4-20H2,1-3H3,(H,24,25). The van der Waals surface area contributed by atoms with Crippen LogP contribution < -0.4 is 0 Å². The van der Waals surface area contributed by atoms with Gasteiger partial charge in [-0.1, -0.05) is 91.4 Å². The molecule has 0 heterocycles. The predicted molar refractivity (Wildman–Crippen MR) is 109 cm³/mol. The third kappa shape index (κ3) is 15.4. The number of aliphatic carboxylic acids is 1. The molecular weight excluding hydrogens is 310 g/mol. The Kier molecular flexibility index (Phi) is 17.8. The van der Waals surface area contributed by atoms with E-state index in [0.29, 0.717) is 6.42 Å². The molecule has 0 aromatic heterocycles. The van der Waals surface area contributed by atoms with Crippen LogP contribution in [0.1, 0.15) is 117 Å². The van der Waals surface area contributed by atoms with Crippen molar-refractivity contribution in [2.24, 2.45) is 0 Å². The molecular formula is C22H45NO2. The van der Waals surface area contributed by atoms with Crippen LogP contribution in [0.15, 0.2) is 0 Å². The molecule has 25 heavy (non-hydrogen) atoms. The number of nitrogens with zero attached hydrogens (tertiary/aromatic N) is 1. The van der Waals surface area contributed by atoms with Gasteiger partial charge in [0.15, 0.2) is 0 Å². The van der Waals surface area contributed by atoms with Crippen molar-refractivity contribution >= 4 is 5.97 Å². The number of hydrogen-bond acceptors (Lipinski definition) is 2. The summed E-state index contributed by atoms with van der Waals surface area (Å²) in [7, 11) is 0. The fourth-order valence-corrected chi connectivity index (χ4v) is 3.77. The molecule has 0 aromatic carbocycles. The lowest BCUT2D eigenvalue weighted by Crippen LogP contribution is -2.35. The maximum absolute atomic E-state index is 10.4. The lowest BCUT2D eigenvalue weighted by molar-refractivity contribution is -0.137. The van der Waals surface area contributed by atoms with Crippen molar-refractivity contribution in [1.82, 2.24) is 4.90 Å². The molecule has 0 fully saturated rings. The molecule has 0 saturated carbocycles. The van der Waals surface area contributed by atoms with Crippen LogP contribution in [0.4, 0.5) is 0 Å². The smallest absolute Gasteiger partial charge is 0.303 e. The number of carbonyl (C=O) groups is 1. The van der Waals surface area contributed by atoms with Gasteiger partial charge < -0.3 is 10.0 Å². The monoisotopic (exact) mass is 355 g/mol. The fourth-order valence-electron chi connectivity index (χ4n) is 3.77. The van der Waals surface area contributed by atoms with Crippen LogP contribution in [0.2, 0.25) is 0 Å². The van der Waals surface area contributed by atoms with Crippen LogP contribution in [-0.4, -0.2) is 35.1 Å². The van der Waals surface area contributed by atoms with E-state index in [-0.39, 0.29) is 0 Å². The second-order valence-electron chi connectivity index (χ2n) is 7.49. The molecule has 0 aliphatic heterocycles. The van der Waals surface area contributed by atoms with Crippen LogP contribution in [-0.2, 0) is 4.79 Å². The highest BCUT2D eigenvalue weighted by Gasteiger charge is 2.14. The topological polar surface area (TPSA) is 40.5 Å². The van der Waals surface area contributed by atoms with E-state index in [4.69, 9.17) is 5.11 Å². The first-order valence-corrected chi connectivity index (χ1v) is 11.1.